The first-order valence-electron chi connectivity index (χ1n) is 9.28. The van der Waals surface area contributed by atoms with E-state index in [9.17, 15) is 31.1 Å². The molecule has 1 heterocycles. The summed E-state index contributed by atoms with van der Waals surface area (Å²) in [5, 5.41) is 4.51. The number of hydrogen-bond acceptors (Lipinski definition) is 6. The van der Waals surface area contributed by atoms with E-state index in [2.05, 4.69) is 5.16 Å². The molecule has 0 bridgehead atoms. The van der Waals surface area contributed by atoms with Gasteiger partial charge in [0.25, 0.3) is 0 Å². The fraction of sp³-hybridized carbons (Fsp3) is 0.143. The van der Waals surface area contributed by atoms with Crippen molar-refractivity contribution in [1.29, 1.82) is 0 Å². The first-order valence-corrected chi connectivity index (χ1v) is 9.66. The molecule has 0 aliphatic rings. The third-order valence-corrected chi connectivity index (χ3v) is 4.84. The monoisotopic (exact) mass is 504 g/mol. The van der Waals surface area contributed by atoms with Crippen LogP contribution in [0.1, 0.15) is 27.0 Å². The molecular weight excluding hydrogens is 490 g/mol. The van der Waals surface area contributed by atoms with Crippen LogP contribution in [0.5, 0.6) is 0 Å². The highest BCUT2D eigenvalue weighted by Crippen LogP contribution is 2.36. The van der Waals surface area contributed by atoms with Gasteiger partial charge >= 0.3 is 12.4 Å². The van der Waals surface area contributed by atoms with Gasteiger partial charge < -0.3 is 15.3 Å². The van der Waals surface area contributed by atoms with Gasteiger partial charge in [-0.1, -0.05) is 28.9 Å². The van der Waals surface area contributed by atoms with Crippen LogP contribution in [0, 0.1) is 0 Å². The standard InChI is InChI=1S/C21H15ClF6N4O2/c22-16-4-2-1-3-14(16)19-15(8-31-34-19)18(33)17(29)10-32(30)9-11-5-12(20(23,24)25)7-13(6-11)21(26,27)28/h1-8,10H,9,29-30H2/b17-10-. The Labute approximate surface area is 193 Å². The zero-order chi connectivity index (χ0) is 25.3. The van der Waals surface area contributed by atoms with E-state index in [-0.39, 0.29) is 22.4 Å². The Morgan fingerprint density at radius 2 is 1.65 bits per heavy atom. The van der Waals surface area contributed by atoms with Crippen molar-refractivity contribution in [3.63, 3.8) is 0 Å². The summed E-state index contributed by atoms with van der Waals surface area (Å²) in [5.41, 5.74) is 2.19. The minimum absolute atomic E-state index is 0.000226. The van der Waals surface area contributed by atoms with Gasteiger partial charge in [-0.15, -0.1) is 0 Å². The number of carbonyl (C=O) groups excluding carboxylic acids is 1. The summed E-state index contributed by atoms with van der Waals surface area (Å²) in [6.45, 7) is -0.609. The van der Waals surface area contributed by atoms with E-state index < -0.39 is 47.1 Å². The Morgan fingerprint density at radius 1 is 1.06 bits per heavy atom. The molecule has 0 amide bonds. The molecule has 0 aliphatic carbocycles. The number of halogens is 7. The van der Waals surface area contributed by atoms with E-state index >= 15 is 0 Å². The van der Waals surface area contributed by atoms with Gasteiger partial charge in [0.2, 0.25) is 5.78 Å². The van der Waals surface area contributed by atoms with Crippen LogP contribution in [0.15, 0.2) is 65.1 Å². The topological polar surface area (TPSA) is 98.4 Å². The SMILES string of the molecule is N/C(=C\N(N)Cc1cc(C(F)(F)F)cc(C(F)(F)F)c1)C(=O)c1cnoc1-c1ccccc1Cl. The number of ketones is 1. The Bertz CT molecular complexity index is 1200. The van der Waals surface area contributed by atoms with Gasteiger partial charge in [-0.3, -0.25) is 4.79 Å². The number of aromatic nitrogens is 1. The lowest BCUT2D eigenvalue weighted by Gasteiger charge is -2.18. The van der Waals surface area contributed by atoms with Crippen LogP contribution in [0.2, 0.25) is 5.02 Å². The van der Waals surface area contributed by atoms with Crippen molar-refractivity contribution in [2.75, 3.05) is 0 Å². The molecule has 0 unspecified atom stereocenters. The molecule has 3 aromatic rings. The number of alkyl halides is 6. The summed E-state index contributed by atoms with van der Waals surface area (Å²) >= 11 is 6.10. The third-order valence-electron chi connectivity index (χ3n) is 4.51. The molecule has 6 nitrogen and oxygen atoms in total. The van der Waals surface area contributed by atoms with Gasteiger partial charge in [-0.25, -0.2) is 5.84 Å². The smallest absolute Gasteiger partial charge is 0.394 e. The first-order chi connectivity index (χ1) is 15.8. The van der Waals surface area contributed by atoms with E-state index in [1.807, 2.05) is 0 Å². The second-order valence-electron chi connectivity index (χ2n) is 7.05. The average molecular weight is 505 g/mol. The lowest BCUT2D eigenvalue weighted by molar-refractivity contribution is -0.143. The molecule has 0 atom stereocenters. The van der Waals surface area contributed by atoms with Gasteiger partial charge in [0.15, 0.2) is 5.76 Å². The molecular formula is C21H15ClF6N4O2. The maximum absolute atomic E-state index is 13.0. The second-order valence-corrected chi connectivity index (χ2v) is 7.46. The van der Waals surface area contributed by atoms with Crippen molar-refractivity contribution >= 4 is 17.4 Å². The Kier molecular flexibility index (Phi) is 6.94. The van der Waals surface area contributed by atoms with Crippen molar-refractivity contribution in [1.82, 2.24) is 10.2 Å². The zero-order valence-electron chi connectivity index (χ0n) is 16.9. The Morgan fingerprint density at radius 3 is 2.21 bits per heavy atom. The lowest BCUT2D eigenvalue weighted by Crippen LogP contribution is -2.28. The second kappa shape index (κ2) is 9.39. The molecule has 0 saturated carbocycles. The Balaban J connectivity index is 1.86. The van der Waals surface area contributed by atoms with Gasteiger partial charge in [0.1, 0.15) is 0 Å². The zero-order valence-corrected chi connectivity index (χ0v) is 17.7. The maximum atomic E-state index is 13.0. The highest BCUT2D eigenvalue weighted by atomic mass is 35.5. The summed E-state index contributed by atoms with van der Waals surface area (Å²) in [7, 11) is 0. The number of carbonyl (C=O) groups is 1. The highest BCUT2D eigenvalue weighted by molar-refractivity contribution is 6.33. The molecule has 2 aromatic carbocycles. The van der Waals surface area contributed by atoms with Crippen LogP contribution in [0.4, 0.5) is 26.3 Å². The first kappa shape index (κ1) is 25.1. The van der Waals surface area contributed by atoms with Gasteiger partial charge in [-0.2, -0.15) is 26.3 Å². The number of rotatable bonds is 6. The van der Waals surface area contributed by atoms with Crippen molar-refractivity contribution in [2.24, 2.45) is 11.6 Å². The fourth-order valence-corrected chi connectivity index (χ4v) is 3.22. The molecule has 0 radical (unpaired) electrons. The quantitative estimate of drug-likeness (QED) is 0.153. The Hall–Kier alpha value is -3.51. The highest BCUT2D eigenvalue weighted by Gasteiger charge is 2.37. The van der Waals surface area contributed by atoms with Crippen molar-refractivity contribution in [2.45, 2.75) is 18.9 Å². The minimum Gasteiger partial charge on any atom is -0.394 e. The molecule has 0 fully saturated rings. The van der Waals surface area contributed by atoms with E-state index in [0.717, 1.165) is 12.4 Å². The summed E-state index contributed by atoms with van der Waals surface area (Å²) < 4.78 is 83.3. The molecule has 13 heteroatoms. The van der Waals surface area contributed by atoms with Crippen molar-refractivity contribution in [3.8, 4) is 11.3 Å². The van der Waals surface area contributed by atoms with Gasteiger partial charge in [0.05, 0.1) is 40.2 Å². The molecule has 34 heavy (non-hydrogen) atoms. The fourth-order valence-electron chi connectivity index (χ4n) is 3.00. The molecule has 0 saturated heterocycles. The summed E-state index contributed by atoms with van der Waals surface area (Å²) in [4.78, 5) is 12.8. The number of nitrogens with zero attached hydrogens (tertiary/aromatic N) is 2. The largest absolute Gasteiger partial charge is 0.416 e. The molecule has 3 rings (SSSR count). The third kappa shape index (κ3) is 5.69. The number of Topliss-reactive ketones (excluding diaryl/α,β-unsaturated/α-hetero) is 1. The summed E-state index contributed by atoms with van der Waals surface area (Å²) in [6, 6.07) is 7.47. The molecule has 0 aliphatic heterocycles. The molecule has 0 spiro atoms. The molecule has 1 aromatic heterocycles. The van der Waals surface area contributed by atoms with Crippen LogP contribution in [-0.2, 0) is 18.9 Å². The van der Waals surface area contributed by atoms with E-state index in [4.69, 9.17) is 27.7 Å². The van der Waals surface area contributed by atoms with Crippen molar-refractivity contribution < 1.29 is 35.7 Å². The average Bonchev–Trinajstić information content (AvgIpc) is 3.21. The number of allylic oxidation sites excluding steroid dienone is 1. The van der Waals surface area contributed by atoms with Gasteiger partial charge in [-0.05, 0) is 35.9 Å². The van der Waals surface area contributed by atoms with E-state index in [1.165, 1.54) is 0 Å². The van der Waals surface area contributed by atoms with Crippen LogP contribution in [0.25, 0.3) is 11.3 Å². The number of hydrazine groups is 1. The van der Waals surface area contributed by atoms with Crippen LogP contribution < -0.4 is 11.6 Å². The van der Waals surface area contributed by atoms with Crippen LogP contribution >= 0.6 is 11.6 Å². The summed E-state index contributed by atoms with van der Waals surface area (Å²) in [6.07, 6.45) is -8.06. The minimum atomic E-state index is -5.01. The van der Waals surface area contributed by atoms with E-state index in [0.29, 0.717) is 22.7 Å². The lowest BCUT2D eigenvalue weighted by atomic mass is 10.0. The predicted molar refractivity (Wildman–Crippen MR) is 110 cm³/mol. The van der Waals surface area contributed by atoms with Crippen LogP contribution in [-0.4, -0.2) is 15.9 Å². The molecule has 180 valence electrons. The summed E-state index contributed by atoms with van der Waals surface area (Å²) in [5.74, 6) is 4.91. The van der Waals surface area contributed by atoms with Crippen LogP contribution in [0.3, 0.4) is 0 Å². The van der Waals surface area contributed by atoms with Gasteiger partial charge in [0, 0.05) is 11.8 Å². The maximum Gasteiger partial charge on any atom is 0.416 e. The van der Waals surface area contributed by atoms with E-state index in [1.54, 1.807) is 24.3 Å². The van der Waals surface area contributed by atoms with Crippen molar-refractivity contribution in [3.05, 3.63) is 87.8 Å². The number of hydrogen-bond donors (Lipinski definition) is 2. The molecule has 4 N–H and O–H groups in total. The number of benzene rings is 2. The predicted octanol–water partition coefficient (Wildman–Crippen LogP) is 5.39. The number of nitrogens with two attached hydrogens (primary N) is 2. The normalized spacial score (nSPS) is 12.6.